The van der Waals surface area contributed by atoms with Gasteiger partial charge in [-0.1, -0.05) is 12.1 Å². The first-order chi connectivity index (χ1) is 8.35. The van der Waals surface area contributed by atoms with Crippen LogP contribution in [0.1, 0.15) is 24.4 Å². The highest BCUT2D eigenvalue weighted by Crippen LogP contribution is 2.21. The van der Waals surface area contributed by atoms with Gasteiger partial charge in [0.05, 0.1) is 5.52 Å². The van der Waals surface area contributed by atoms with Crippen LogP contribution in [-0.4, -0.2) is 4.98 Å². The summed E-state index contributed by atoms with van der Waals surface area (Å²) in [5.41, 5.74) is 4.93. The first kappa shape index (κ1) is 11.6. The van der Waals surface area contributed by atoms with E-state index in [1.807, 2.05) is 24.3 Å². The number of nitrogens with zero attached hydrogens (tertiary/aromatic N) is 1. The number of nitrogens with two attached hydrogens (primary N) is 1. The second-order valence-electron chi connectivity index (χ2n) is 3.92. The third kappa shape index (κ3) is 2.62. The minimum absolute atomic E-state index is 0.0932. The zero-order valence-electron chi connectivity index (χ0n) is 9.56. The van der Waals surface area contributed by atoms with Crippen molar-refractivity contribution in [3.63, 3.8) is 0 Å². The van der Waals surface area contributed by atoms with Crippen LogP contribution >= 0.6 is 0 Å². The summed E-state index contributed by atoms with van der Waals surface area (Å²) in [5, 5.41) is 1.12. The van der Waals surface area contributed by atoms with Gasteiger partial charge < -0.3 is 0 Å². The quantitative estimate of drug-likeness (QED) is 0.476. The Balaban J connectivity index is 2.31. The number of rotatable bonds is 4. The predicted molar refractivity (Wildman–Crippen MR) is 69.9 cm³/mol. The van der Waals surface area contributed by atoms with E-state index in [0.29, 0.717) is 6.42 Å². The summed E-state index contributed by atoms with van der Waals surface area (Å²) in [5.74, 6) is 8.19. The van der Waals surface area contributed by atoms with E-state index < -0.39 is 0 Å². The first-order valence-electron chi connectivity index (χ1n) is 5.59. The predicted octanol–water partition coefficient (Wildman–Crippen LogP) is 2.15. The summed E-state index contributed by atoms with van der Waals surface area (Å²) >= 11 is 0. The number of aromatic nitrogens is 1. The Morgan fingerprint density at radius 2 is 2.29 bits per heavy atom. The van der Waals surface area contributed by atoms with Crippen LogP contribution in [0.3, 0.4) is 0 Å². The van der Waals surface area contributed by atoms with Crippen molar-refractivity contribution < 1.29 is 0 Å². The lowest BCUT2D eigenvalue weighted by Crippen LogP contribution is -2.27. The third-order valence-corrected chi connectivity index (χ3v) is 2.81. The number of fused-ring (bicyclic) bond motifs is 1. The van der Waals surface area contributed by atoms with Crippen molar-refractivity contribution in [3.8, 4) is 12.3 Å². The van der Waals surface area contributed by atoms with Gasteiger partial charge in [-0.15, -0.1) is 12.3 Å². The van der Waals surface area contributed by atoms with Gasteiger partial charge in [0.2, 0.25) is 0 Å². The summed E-state index contributed by atoms with van der Waals surface area (Å²) < 4.78 is 0. The molecule has 0 aliphatic rings. The maximum absolute atomic E-state index is 5.56. The number of hydrogen-bond acceptors (Lipinski definition) is 3. The summed E-state index contributed by atoms with van der Waals surface area (Å²) in [6.07, 6.45) is 8.60. The van der Waals surface area contributed by atoms with E-state index >= 15 is 0 Å². The van der Waals surface area contributed by atoms with Gasteiger partial charge in [0.25, 0.3) is 0 Å². The Hall–Kier alpha value is -1.89. The molecule has 3 nitrogen and oxygen atoms in total. The van der Waals surface area contributed by atoms with Crippen LogP contribution < -0.4 is 11.3 Å². The average molecular weight is 225 g/mol. The molecule has 0 saturated carbocycles. The molecule has 3 heteroatoms. The van der Waals surface area contributed by atoms with E-state index in [4.69, 9.17) is 12.3 Å². The highest BCUT2D eigenvalue weighted by Gasteiger charge is 2.09. The maximum atomic E-state index is 5.56. The lowest BCUT2D eigenvalue weighted by molar-refractivity contribution is 0.524. The molecule has 2 rings (SSSR count). The highest BCUT2D eigenvalue weighted by molar-refractivity contribution is 5.79. The molecule has 17 heavy (non-hydrogen) atoms. The van der Waals surface area contributed by atoms with Crippen molar-refractivity contribution >= 4 is 10.9 Å². The van der Waals surface area contributed by atoms with E-state index in [1.54, 1.807) is 6.20 Å². The lowest BCUT2D eigenvalue weighted by atomic mass is 10.0. The number of benzene rings is 1. The first-order valence-corrected chi connectivity index (χ1v) is 5.59. The maximum Gasteiger partial charge on any atom is 0.0702 e. The fourth-order valence-corrected chi connectivity index (χ4v) is 1.88. The number of pyridine rings is 1. The Morgan fingerprint density at radius 1 is 1.41 bits per heavy atom. The molecule has 0 saturated heterocycles. The fourth-order valence-electron chi connectivity index (χ4n) is 1.88. The zero-order valence-corrected chi connectivity index (χ0v) is 9.56. The van der Waals surface area contributed by atoms with Gasteiger partial charge in [-0.2, -0.15) is 0 Å². The molecule has 1 aromatic carbocycles. The van der Waals surface area contributed by atoms with E-state index in [9.17, 15) is 0 Å². The molecule has 3 N–H and O–H groups in total. The van der Waals surface area contributed by atoms with Crippen LogP contribution in [0.4, 0.5) is 0 Å². The van der Waals surface area contributed by atoms with Crippen molar-refractivity contribution in [3.05, 3.63) is 42.1 Å². The second kappa shape index (κ2) is 5.44. The van der Waals surface area contributed by atoms with Crippen LogP contribution in [0.25, 0.3) is 10.9 Å². The Bertz CT molecular complexity index is 542. The molecular formula is C14H15N3. The Morgan fingerprint density at radius 3 is 3.06 bits per heavy atom. The summed E-state index contributed by atoms with van der Waals surface area (Å²) in [4.78, 5) is 4.29. The normalized spacial score (nSPS) is 12.2. The van der Waals surface area contributed by atoms with Gasteiger partial charge in [0, 0.05) is 24.0 Å². The molecule has 1 aromatic heterocycles. The monoisotopic (exact) mass is 225 g/mol. The standard InChI is InChI=1S/C14H15N3/c1-2-3-6-14(17-15)12-7-8-13-11(10-12)5-4-9-16-13/h1,4-5,7-10,14,17H,3,6,15H2. The highest BCUT2D eigenvalue weighted by atomic mass is 15.2. The largest absolute Gasteiger partial charge is 0.271 e. The molecule has 0 fully saturated rings. The molecule has 1 atom stereocenters. The van der Waals surface area contributed by atoms with Crippen LogP contribution in [0.15, 0.2) is 36.5 Å². The molecular weight excluding hydrogens is 210 g/mol. The topological polar surface area (TPSA) is 50.9 Å². The van der Waals surface area contributed by atoms with E-state index in [1.165, 1.54) is 0 Å². The van der Waals surface area contributed by atoms with Crippen LogP contribution in [0.5, 0.6) is 0 Å². The van der Waals surface area contributed by atoms with E-state index in [2.05, 4.69) is 22.4 Å². The van der Waals surface area contributed by atoms with Crippen LogP contribution in [0.2, 0.25) is 0 Å². The SMILES string of the molecule is C#CCCC(NN)c1ccc2ncccc2c1. The smallest absolute Gasteiger partial charge is 0.0702 e. The molecule has 0 amide bonds. The molecule has 0 spiro atoms. The van der Waals surface area contributed by atoms with Crippen LogP contribution in [0, 0.1) is 12.3 Å². The molecule has 1 unspecified atom stereocenters. The number of terminal acetylenes is 1. The second-order valence-corrected chi connectivity index (χ2v) is 3.92. The number of hydrogen-bond donors (Lipinski definition) is 2. The van der Waals surface area contributed by atoms with E-state index in [0.717, 1.165) is 22.9 Å². The van der Waals surface area contributed by atoms with Gasteiger partial charge >= 0.3 is 0 Å². The fraction of sp³-hybridized carbons (Fsp3) is 0.214. The Kier molecular flexibility index (Phi) is 3.71. The van der Waals surface area contributed by atoms with Crippen molar-refractivity contribution in [1.29, 1.82) is 0 Å². The van der Waals surface area contributed by atoms with Crippen molar-refractivity contribution in [1.82, 2.24) is 10.4 Å². The van der Waals surface area contributed by atoms with Gasteiger partial charge in [-0.05, 0) is 30.2 Å². The Labute approximate surface area is 101 Å². The van der Waals surface area contributed by atoms with Gasteiger partial charge in [0.1, 0.15) is 0 Å². The minimum atomic E-state index is 0.0932. The lowest BCUT2D eigenvalue weighted by Gasteiger charge is -2.15. The summed E-state index contributed by atoms with van der Waals surface area (Å²) in [7, 11) is 0. The van der Waals surface area contributed by atoms with Crippen molar-refractivity contribution in [2.75, 3.05) is 0 Å². The molecule has 0 aliphatic carbocycles. The number of hydrazine groups is 1. The molecule has 1 heterocycles. The van der Waals surface area contributed by atoms with Gasteiger partial charge in [-0.3, -0.25) is 16.3 Å². The van der Waals surface area contributed by atoms with Crippen molar-refractivity contribution in [2.45, 2.75) is 18.9 Å². The number of nitrogens with one attached hydrogen (secondary N) is 1. The zero-order chi connectivity index (χ0) is 12.1. The molecule has 0 aliphatic heterocycles. The van der Waals surface area contributed by atoms with Crippen molar-refractivity contribution in [2.24, 2.45) is 5.84 Å². The molecule has 86 valence electrons. The molecule has 2 aromatic rings. The summed E-state index contributed by atoms with van der Waals surface area (Å²) in [6.45, 7) is 0. The average Bonchev–Trinajstić information content (AvgIpc) is 2.39. The van der Waals surface area contributed by atoms with Gasteiger partial charge in [-0.25, -0.2) is 0 Å². The minimum Gasteiger partial charge on any atom is -0.271 e. The molecule has 0 bridgehead atoms. The molecule has 0 radical (unpaired) electrons. The van der Waals surface area contributed by atoms with Gasteiger partial charge in [0.15, 0.2) is 0 Å². The summed E-state index contributed by atoms with van der Waals surface area (Å²) in [6, 6.07) is 10.2. The van der Waals surface area contributed by atoms with E-state index in [-0.39, 0.29) is 6.04 Å². The third-order valence-electron chi connectivity index (χ3n) is 2.81. The van der Waals surface area contributed by atoms with Crippen LogP contribution in [-0.2, 0) is 0 Å².